The number of benzene rings is 1. The number of anilines is 1. The smallest absolute Gasteiger partial charge is 0.319 e. The van der Waals surface area contributed by atoms with Crippen LogP contribution in [0, 0.1) is 5.92 Å². The molecule has 1 aromatic carbocycles. The van der Waals surface area contributed by atoms with Gasteiger partial charge < -0.3 is 30.2 Å². The van der Waals surface area contributed by atoms with Crippen molar-refractivity contribution in [2.24, 2.45) is 5.92 Å². The Morgan fingerprint density at radius 2 is 1.69 bits per heavy atom. The van der Waals surface area contributed by atoms with Crippen LogP contribution >= 0.6 is 11.6 Å². The van der Waals surface area contributed by atoms with Crippen LogP contribution in [0.2, 0.25) is 5.02 Å². The minimum Gasteiger partial charge on any atom is -0.361 e. The van der Waals surface area contributed by atoms with E-state index in [9.17, 15) is 14.4 Å². The molecule has 2 N–H and O–H groups in total. The van der Waals surface area contributed by atoms with Crippen LogP contribution in [-0.2, 0) is 9.59 Å². The van der Waals surface area contributed by atoms with Crippen molar-refractivity contribution in [3.8, 4) is 0 Å². The molecule has 4 aliphatic rings. The minimum absolute atomic E-state index is 0.00990. The number of hydrogen-bond acceptors (Lipinski definition) is 5. The van der Waals surface area contributed by atoms with Crippen molar-refractivity contribution in [1.82, 2.24) is 24.9 Å². The summed E-state index contributed by atoms with van der Waals surface area (Å²) in [5, 5.41) is 6.42. The van der Waals surface area contributed by atoms with Crippen molar-refractivity contribution in [2.45, 2.75) is 57.0 Å². The van der Waals surface area contributed by atoms with Gasteiger partial charge in [-0.2, -0.15) is 0 Å². The fourth-order valence-corrected chi connectivity index (χ4v) is 6.08. The molecule has 1 atom stereocenters. The summed E-state index contributed by atoms with van der Waals surface area (Å²) in [7, 11) is 1.97. The van der Waals surface area contributed by atoms with Crippen molar-refractivity contribution in [1.29, 1.82) is 0 Å². The number of nitrogens with zero attached hydrogens (tertiary/aromatic N) is 4. The third-order valence-electron chi connectivity index (χ3n) is 7.87. The van der Waals surface area contributed by atoms with Crippen molar-refractivity contribution < 1.29 is 14.4 Å². The maximum absolute atomic E-state index is 13.7. The average Bonchev–Trinajstić information content (AvgIpc) is 3.40. The molecule has 36 heavy (non-hydrogen) atoms. The van der Waals surface area contributed by atoms with E-state index >= 15 is 0 Å². The van der Waals surface area contributed by atoms with E-state index in [1.807, 2.05) is 27.9 Å². The number of fused-ring (bicyclic) bond motifs is 1. The fourth-order valence-electron chi connectivity index (χ4n) is 5.95. The van der Waals surface area contributed by atoms with Gasteiger partial charge in [0.2, 0.25) is 5.91 Å². The molecule has 0 bridgehead atoms. The number of nitrogens with one attached hydrogen (secondary N) is 2. The van der Waals surface area contributed by atoms with Gasteiger partial charge >= 0.3 is 6.03 Å². The number of likely N-dealkylation sites (tertiary alicyclic amines) is 1. The maximum atomic E-state index is 13.7. The zero-order chi connectivity index (χ0) is 25.2. The molecule has 9 nitrogen and oxygen atoms in total. The van der Waals surface area contributed by atoms with E-state index < -0.39 is 6.04 Å². The summed E-state index contributed by atoms with van der Waals surface area (Å²) in [5.74, 6) is 0.213. The molecule has 1 saturated carbocycles. The molecule has 0 aromatic heterocycles. The minimum atomic E-state index is -0.547. The lowest BCUT2D eigenvalue weighted by atomic mass is 9.83. The van der Waals surface area contributed by atoms with Gasteiger partial charge in [-0.05, 0) is 55.9 Å². The second-order valence-corrected chi connectivity index (χ2v) is 10.8. The molecule has 3 heterocycles. The summed E-state index contributed by atoms with van der Waals surface area (Å²) in [6, 6.07) is 6.12. The standard InChI is InChI=1S/C26H35ClN6O3/c1-30-15-22-24(34)33(17-32(22)16-30)21-11-13-31(14-12-21)25(35)23(18-5-3-2-4-6-18)29-26(36)28-20-9-7-19(27)8-10-20/h7-10,15,18,21,23H,2-6,11-14,16-17H2,1H3,(H2,28,29,36)/t23-/m1/s1. The van der Waals surface area contributed by atoms with Gasteiger partial charge in [0, 0.05) is 43.1 Å². The van der Waals surface area contributed by atoms with Crippen LogP contribution in [-0.4, -0.2) is 83.0 Å². The lowest BCUT2D eigenvalue weighted by molar-refractivity contribution is -0.137. The van der Waals surface area contributed by atoms with Crippen LogP contribution in [0.1, 0.15) is 44.9 Å². The van der Waals surface area contributed by atoms with Gasteiger partial charge in [0.25, 0.3) is 5.91 Å². The lowest BCUT2D eigenvalue weighted by Crippen LogP contribution is -2.56. The van der Waals surface area contributed by atoms with Gasteiger partial charge in [-0.3, -0.25) is 9.59 Å². The van der Waals surface area contributed by atoms with E-state index in [4.69, 9.17) is 11.6 Å². The summed E-state index contributed by atoms with van der Waals surface area (Å²) in [5.41, 5.74) is 1.40. The number of hydrogen-bond donors (Lipinski definition) is 2. The largest absolute Gasteiger partial charge is 0.361 e. The average molecular weight is 515 g/mol. The molecule has 0 spiro atoms. The summed E-state index contributed by atoms with van der Waals surface area (Å²) >= 11 is 5.94. The maximum Gasteiger partial charge on any atom is 0.319 e. The molecule has 10 heteroatoms. The normalized spacial score (nSPS) is 21.9. The van der Waals surface area contributed by atoms with Crippen molar-refractivity contribution in [2.75, 3.05) is 38.8 Å². The Kier molecular flexibility index (Phi) is 7.27. The lowest BCUT2D eigenvalue weighted by Gasteiger charge is -2.39. The Morgan fingerprint density at radius 3 is 2.36 bits per heavy atom. The highest BCUT2D eigenvalue weighted by Crippen LogP contribution is 2.31. The zero-order valence-corrected chi connectivity index (χ0v) is 21.5. The molecule has 0 radical (unpaired) electrons. The Labute approximate surface area is 217 Å². The Balaban J connectivity index is 1.20. The van der Waals surface area contributed by atoms with Crippen LogP contribution in [0.4, 0.5) is 10.5 Å². The van der Waals surface area contributed by atoms with Crippen LogP contribution < -0.4 is 10.6 Å². The summed E-state index contributed by atoms with van der Waals surface area (Å²) < 4.78 is 0. The molecule has 194 valence electrons. The Bertz CT molecular complexity index is 1020. The highest BCUT2D eigenvalue weighted by atomic mass is 35.5. The van der Waals surface area contributed by atoms with Crippen LogP contribution in [0.5, 0.6) is 0 Å². The third kappa shape index (κ3) is 5.26. The van der Waals surface area contributed by atoms with E-state index in [2.05, 4.69) is 15.5 Å². The molecule has 4 amide bonds. The molecule has 1 aliphatic carbocycles. The molecule has 5 rings (SSSR count). The molecule has 0 unspecified atom stereocenters. The Morgan fingerprint density at radius 1 is 1.00 bits per heavy atom. The van der Waals surface area contributed by atoms with Gasteiger partial charge in [0.1, 0.15) is 11.7 Å². The zero-order valence-electron chi connectivity index (χ0n) is 20.8. The molecule has 3 aliphatic heterocycles. The monoisotopic (exact) mass is 514 g/mol. The number of rotatable bonds is 5. The highest BCUT2D eigenvalue weighted by Gasteiger charge is 2.42. The SMILES string of the molecule is CN1C=C2C(=O)N(C3CCN(C(=O)[C@H](NC(=O)Nc4ccc(Cl)cc4)C4CCCCC4)CC3)CN2C1. The van der Waals surface area contributed by atoms with Gasteiger partial charge in [0.05, 0.1) is 13.3 Å². The van der Waals surface area contributed by atoms with Crippen LogP contribution in [0.15, 0.2) is 36.2 Å². The van der Waals surface area contributed by atoms with Gasteiger partial charge in [0.15, 0.2) is 0 Å². The predicted molar refractivity (Wildman–Crippen MR) is 138 cm³/mol. The molecular formula is C26H35ClN6O3. The van der Waals surface area contributed by atoms with Crippen molar-refractivity contribution in [3.63, 3.8) is 0 Å². The van der Waals surface area contributed by atoms with Gasteiger partial charge in [-0.15, -0.1) is 0 Å². The predicted octanol–water partition coefficient (Wildman–Crippen LogP) is 3.25. The number of piperidine rings is 1. The number of carbonyl (C=O) groups excluding carboxylic acids is 3. The topological polar surface area (TPSA) is 88.2 Å². The molecule has 3 fully saturated rings. The number of halogens is 1. The van der Waals surface area contributed by atoms with E-state index in [1.165, 1.54) is 6.42 Å². The van der Waals surface area contributed by atoms with Crippen LogP contribution in [0.3, 0.4) is 0 Å². The second-order valence-electron chi connectivity index (χ2n) is 10.4. The third-order valence-corrected chi connectivity index (χ3v) is 8.13. The first-order chi connectivity index (χ1) is 17.4. The summed E-state index contributed by atoms with van der Waals surface area (Å²) in [4.78, 5) is 47.4. The summed E-state index contributed by atoms with van der Waals surface area (Å²) in [6.45, 7) is 2.54. The molecule has 1 aromatic rings. The second kappa shape index (κ2) is 10.6. The first-order valence-corrected chi connectivity index (χ1v) is 13.4. The first-order valence-electron chi connectivity index (χ1n) is 13.0. The fraction of sp³-hybridized carbons (Fsp3) is 0.577. The number of urea groups is 1. The van der Waals surface area contributed by atoms with Crippen molar-refractivity contribution >= 4 is 35.1 Å². The van der Waals surface area contributed by atoms with Gasteiger partial charge in [-0.25, -0.2) is 4.79 Å². The number of amides is 4. The van der Waals surface area contributed by atoms with E-state index in [1.54, 1.807) is 24.3 Å². The van der Waals surface area contributed by atoms with E-state index in [0.717, 1.165) is 50.9 Å². The highest BCUT2D eigenvalue weighted by molar-refractivity contribution is 6.30. The van der Waals surface area contributed by atoms with Crippen LogP contribution in [0.25, 0.3) is 0 Å². The quantitative estimate of drug-likeness (QED) is 0.629. The van der Waals surface area contributed by atoms with Crippen molar-refractivity contribution in [3.05, 3.63) is 41.2 Å². The van der Waals surface area contributed by atoms with E-state index in [-0.39, 0.29) is 29.8 Å². The molecular weight excluding hydrogens is 480 g/mol. The Hall–Kier alpha value is -2.94. The summed E-state index contributed by atoms with van der Waals surface area (Å²) in [6.07, 6.45) is 8.63. The van der Waals surface area contributed by atoms with E-state index in [0.29, 0.717) is 30.5 Å². The molecule has 2 saturated heterocycles. The van der Waals surface area contributed by atoms with Gasteiger partial charge in [-0.1, -0.05) is 30.9 Å². The number of carbonyl (C=O) groups is 3. The first kappa shape index (κ1) is 24.7.